The number of carbonyl (C=O) groups is 1. The topological polar surface area (TPSA) is 47.6 Å². The van der Waals surface area contributed by atoms with E-state index in [0.29, 0.717) is 30.6 Å². The summed E-state index contributed by atoms with van der Waals surface area (Å²) >= 11 is 0. The molecule has 0 unspecified atom stereocenters. The fraction of sp³-hybridized carbons (Fsp3) is 0.500. The van der Waals surface area contributed by atoms with E-state index in [0.717, 1.165) is 0 Å². The van der Waals surface area contributed by atoms with Crippen LogP contribution in [0.25, 0.3) is 0 Å². The van der Waals surface area contributed by atoms with E-state index in [1.807, 2.05) is 13.8 Å². The molecule has 0 spiro atoms. The Morgan fingerprint density at radius 2 is 2.16 bits per heavy atom. The van der Waals surface area contributed by atoms with Crippen LogP contribution in [0.3, 0.4) is 0 Å². The Kier molecular flexibility index (Phi) is 6.29. The van der Waals surface area contributed by atoms with E-state index >= 15 is 0 Å². The zero-order valence-electron chi connectivity index (χ0n) is 11.5. The van der Waals surface area contributed by atoms with Crippen molar-refractivity contribution < 1.29 is 18.7 Å². The van der Waals surface area contributed by atoms with Crippen LogP contribution in [-0.2, 0) is 9.53 Å². The number of anilines is 1. The van der Waals surface area contributed by atoms with Crippen molar-refractivity contribution in [2.45, 2.75) is 20.3 Å². The molecule has 0 radical (unpaired) electrons. The van der Waals surface area contributed by atoms with Crippen LogP contribution < -0.4 is 10.1 Å². The molecule has 1 aromatic carbocycles. The largest absolute Gasteiger partial charge is 0.494 e. The van der Waals surface area contributed by atoms with Crippen LogP contribution in [0, 0.1) is 11.7 Å². The van der Waals surface area contributed by atoms with Gasteiger partial charge in [0.05, 0.1) is 25.8 Å². The molecule has 1 rings (SSSR count). The van der Waals surface area contributed by atoms with Gasteiger partial charge in [-0.3, -0.25) is 4.79 Å². The molecule has 5 heteroatoms. The van der Waals surface area contributed by atoms with Crippen molar-refractivity contribution >= 4 is 11.6 Å². The van der Waals surface area contributed by atoms with E-state index in [9.17, 15) is 9.18 Å². The summed E-state index contributed by atoms with van der Waals surface area (Å²) in [5.74, 6) is 0.153. The van der Waals surface area contributed by atoms with Gasteiger partial charge < -0.3 is 14.8 Å². The molecule has 1 N–H and O–H groups in total. The molecule has 0 atom stereocenters. The Hall–Kier alpha value is -1.62. The number of rotatable bonds is 7. The van der Waals surface area contributed by atoms with Crippen molar-refractivity contribution in [2.75, 3.05) is 25.6 Å². The van der Waals surface area contributed by atoms with Gasteiger partial charge in [0.2, 0.25) is 5.91 Å². The monoisotopic (exact) mass is 269 g/mol. The van der Waals surface area contributed by atoms with Crippen LogP contribution >= 0.6 is 0 Å². The summed E-state index contributed by atoms with van der Waals surface area (Å²) in [6, 6.07) is 3.97. The van der Waals surface area contributed by atoms with Crippen molar-refractivity contribution in [3.05, 3.63) is 24.0 Å². The first-order valence-corrected chi connectivity index (χ1v) is 6.24. The molecule has 0 aliphatic heterocycles. The predicted octanol–water partition coefficient (Wildman–Crippen LogP) is 2.84. The minimum atomic E-state index is -0.407. The molecule has 0 bridgehead atoms. The van der Waals surface area contributed by atoms with Gasteiger partial charge in [-0.1, -0.05) is 13.8 Å². The smallest absolute Gasteiger partial charge is 0.226 e. The van der Waals surface area contributed by atoms with E-state index in [2.05, 4.69) is 5.32 Å². The van der Waals surface area contributed by atoms with E-state index in [4.69, 9.17) is 9.47 Å². The highest BCUT2D eigenvalue weighted by molar-refractivity contribution is 5.92. The lowest BCUT2D eigenvalue weighted by Gasteiger charge is -2.10. The summed E-state index contributed by atoms with van der Waals surface area (Å²) in [6.45, 7) is 5.09. The van der Waals surface area contributed by atoms with Gasteiger partial charge >= 0.3 is 0 Å². The molecule has 0 fully saturated rings. The molecule has 0 aliphatic rings. The molecule has 0 saturated carbocycles. The summed E-state index contributed by atoms with van der Waals surface area (Å²) in [4.78, 5) is 11.7. The maximum Gasteiger partial charge on any atom is 0.226 e. The van der Waals surface area contributed by atoms with E-state index < -0.39 is 5.82 Å². The first-order chi connectivity index (χ1) is 9.02. The standard InChI is InChI=1S/C14H20FNO3/c1-10(2)9-19-7-6-14(17)16-12-5-4-11(15)8-13(12)18-3/h4-5,8,10H,6-7,9H2,1-3H3,(H,16,17). The minimum Gasteiger partial charge on any atom is -0.494 e. The minimum absolute atomic E-state index is 0.186. The molecular weight excluding hydrogens is 249 g/mol. The third-order valence-electron chi connectivity index (χ3n) is 2.36. The molecule has 106 valence electrons. The molecule has 1 aromatic rings. The van der Waals surface area contributed by atoms with Gasteiger partial charge in [0.15, 0.2) is 0 Å². The Labute approximate surface area is 112 Å². The van der Waals surface area contributed by atoms with Crippen LogP contribution in [-0.4, -0.2) is 26.2 Å². The number of carbonyl (C=O) groups excluding carboxylic acids is 1. The summed E-state index contributed by atoms with van der Waals surface area (Å²) in [5.41, 5.74) is 0.456. The Morgan fingerprint density at radius 3 is 2.79 bits per heavy atom. The summed E-state index contributed by atoms with van der Waals surface area (Å²) < 4.78 is 23.3. The SMILES string of the molecule is COc1cc(F)ccc1NC(=O)CCOCC(C)C. The number of ether oxygens (including phenoxy) is 2. The van der Waals surface area contributed by atoms with Crippen molar-refractivity contribution in [2.24, 2.45) is 5.92 Å². The normalized spacial score (nSPS) is 10.6. The molecular formula is C14H20FNO3. The van der Waals surface area contributed by atoms with Gasteiger partial charge in [0.25, 0.3) is 0 Å². The Bertz CT molecular complexity index is 421. The Morgan fingerprint density at radius 1 is 1.42 bits per heavy atom. The first kappa shape index (κ1) is 15.4. The van der Waals surface area contributed by atoms with Crippen molar-refractivity contribution in [3.63, 3.8) is 0 Å². The lowest BCUT2D eigenvalue weighted by molar-refractivity contribution is -0.117. The quantitative estimate of drug-likeness (QED) is 0.774. The second kappa shape index (κ2) is 7.74. The predicted molar refractivity (Wildman–Crippen MR) is 71.9 cm³/mol. The average Bonchev–Trinajstić information content (AvgIpc) is 2.36. The molecule has 0 aromatic heterocycles. The molecule has 0 aliphatic carbocycles. The van der Waals surface area contributed by atoms with Crippen molar-refractivity contribution in [1.82, 2.24) is 0 Å². The fourth-order valence-corrected chi connectivity index (χ4v) is 1.46. The third-order valence-corrected chi connectivity index (χ3v) is 2.36. The van der Waals surface area contributed by atoms with E-state index in [-0.39, 0.29) is 12.3 Å². The summed E-state index contributed by atoms with van der Waals surface area (Å²) in [5, 5.41) is 2.67. The van der Waals surface area contributed by atoms with Crippen LogP contribution in [0.5, 0.6) is 5.75 Å². The number of halogens is 1. The summed E-state index contributed by atoms with van der Waals surface area (Å²) in [7, 11) is 1.43. The Balaban J connectivity index is 2.44. The van der Waals surface area contributed by atoms with Crippen LogP contribution in [0.15, 0.2) is 18.2 Å². The van der Waals surface area contributed by atoms with Crippen molar-refractivity contribution in [3.8, 4) is 5.75 Å². The van der Waals surface area contributed by atoms with Crippen molar-refractivity contribution in [1.29, 1.82) is 0 Å². The molecule has 4 nitrogen and oxygen atoms in total. The fourth-order valence-electron chi connectivity index (χ4n) is 1.46. The molecule has 0 heterocycles. The summed E-state index contributed by atoms with van der Waals surface area (Å²) in [6.07, 6.45) is 0.257. The van der Waals surface area contributed by atoms with E-state index in [1.54, 1.807) is 0 Å². The number of benzene rings is 1. The highest BCUT2D eigenvalue weighted by atomic mass is 19.1. The number of nitrogens with one attached hydrogen (secondary N) is 1. The zero-order valence-corrected chi connectivity index (χ0v) is 11.5. The lowest BCUT2D eigenvalue weighted by atomic mass is 10.2. The number of amides is 1. The highest BCUT2D eigenvalue weighted by Crippen LogP contribution is 2.24. The number of hydrogen-bond donors (Lipinski definition) is 1. The van der Waals surface area contributed by atoms with E-state index in [1.165, 1.54) is 25.3 Å². The molecule has 19 heavy (non-hydrogen) atoms. The molecule has 0 saturated heterocycles. The second-order valence-corrected chi connectivity index (χ2v) is 4.61. The van der Waals surface area contributed by atoms with Gasteiger partial charge in [-0.25, -0.2) is 4.39 Å². The lowest BCUT2D eigenvalue weighted by Crippen LogP contribution is -2.15. The van der Waals surface area contributed by atoms with Crippen LogP contribution in [0.1, 0.15) is 20.3 Å². The van der Waals surface area contributed by atoms with Crippen LogP contribution in [0.2, 0.25) is 0 Å². The molecule has 1 amide bonds. The third kappa shape index (κ3) is 5.70. The second-order valence-electron chi connectivity index (χ2n) is 4.61. The van der Waals surface area contributed by atoms with Gasteiger partial charge in [0.1, 0.15) is 11.6 Å². The number of hydrogen-bond acceptors (Lipinski definition) is 3. The first-order valence-electron chi connectivity index (χ1n) is 6.24. The maximum absolute atomic E-state index is 13.0. The average molecular weight is 269 g/mol. The van der Waals surface area contributed by atoms with Gasteiger partial charge in [-0.05, 0) is 18.1 Å². The van der Waals surface area contributed by atoms with Crippen LogP contribution in [0.4, 0.5) is 10.1 Å². The van der Waals surface area contributed by atoms with Gasteiger partial charge in [-0.15, -0.1) is 0 Å². The maximum atomic E-state index is 13.0. The number of methoxy groups -OCH3 is 1. The highest BCUT2D eigenvalue weighted by Gasteiger charge is 2.08. The zero-order chi connectivity index (χ0) is 14.3. The van der Waals surface area contributed by atoms with Gasteiger partial charge in [-0.2, -0.15) is 0 Å². The van der Waals surface area contributed by atoms with Gasteiger partial charge in [0, 0.05) is 12.7 Å².